The van der Waals surface area contributed by atoms with E-state index in [1.54, 1.807) is 0 Å². The molecule has 0 saturated heterocycles. The number of nitrogens with zero attached hydrogens (tertiary/aromatic N) is 3. The lowest BCUT2D eigenvalue weighted by Crippen LogP contribution is -2.35. The Morgan fingerprint density at radius 3 is 3.07 bits per heavy atom. The lowest BCUT2D eigenvalue weighted by molar-refractivity contribution is 0.689. The van der Waals surface area contributed by atoms with E-state index in [1.165, 1.54) is 11.5 Å². The molecule has 0 aliphatic rings. The van der Waals surface area contributed by atoms with Crippen LogP contribution in [0.3, 0.4) is 0 Å². The highest BCUT2D eigenvalue weighted by Gasteiger charge is 2.10. The standard InChI is InChI=1S/C10H14N4S/c1-7(5-11)14(2)9-4-3-8-6-12-15-10(8)13-9/h3-4,6-7H,5,11H2,1-2H3. The van der Waals surface area contributed by atoms with E-state index in [4.69, 9.17) is 5.73 Å². The van der Waals surface area contributed by atoms with Crippen molar-refractivity contribution in [3.8, 4) is 0 Å². The Labute approximate surface area is 92.9 Å². The molecule has 15 heavy (non-hydrogen) atoms. The number of hydrogen-bond donors (Lipinski definition) is 1. The van der Waals surface area contributed by atoms with Crippen LogP contribution >= 0.6 is 11.5 Å². The number of likely N-dealkylation sites (N-methyl/N-ethyl adjacent to an activating group) is 1. The summed E-state index contributed by atoms with van der Waals surface area (Å²) in [6.07, 6.45) is 1.84. The maximum atomic E-state index is 5.62. The van der Waals surface area contributed by atoms with E-state index in [9.17, 15) is 0 Å². The van der Waals surface area contributed by atoms with Crippen molar-refractivity contribution in [3.63, 3.8) is 0 Å². The minimum atomic E-state index is 0.294. The van der Waals surface area contributed by atoms with Gasteiger partial charge in [-0.2, -0.15) is 4.37 Å². The fourth-order valence-corrected chi connectivity index (χ4v) is 1.95. The van der Waals surface area contributed by atoms with Gasteiger partial charge in [0.1, 0.15) is 10.6 Å². The summed E-state index contributed by atoms with van der Waals surface area (Å²) in [5.74, 6) is 0.949. The van der Waals surface area contributed by atoms with Crippen molar-refractivity contribution >= 4 is 27.6 Å². The van der Waals surface area contributed by atoms with Crippen LogP contribution in [0.15, 0.2) is 18.3 Å². The van der Waals surface area contributed by atoms with Crippen LogP contribution in [0, 0.1) is 0 Å². The molecule has 0 aliphatic carbocycles. The lowest BCUT2D eigenvalue weighted by Gasteiger charge is -2.24. The molecular formula is C10H14N4S. The highest BCUT2D eigenvalue weighted by Crippen LogP contribution is 2.20. The molecule has 0 spiro atoms. The third kappa shape index (κ3) is 1.93. The topological polar surface area (TPSA) is 55.0 Å². The average molecular weight is 222 g/mol. The molecule has 0 aromatic carbocycles. The number of fused-ring (bicyclic) bond motifs is 1. The number of aromatic nitrogens is 2. The molecule has 80 valence electrons. The number of hydrogen-bond acceptors (Lipinski definition) is 5. The second-order valence-electron chi connectivity index (χ2n) is 3.59. The van der Waals surface area contributed by atoms with Crippen molar-refractivity contribution in [2.24, 2.45) is 5.73 Å². The maximum absolute atomic E-state index is 5.62. The third-order valence-electron chi connectivity index (χ3n) is 2.57. The van der Waals surface area contributed by atoms with Gasteiger partial charge >= 0.3 is 0 Å². The van der Waals surface area contributed by atoms with Crippen LogP contribution in [0.5, 0.6) is 0 Å². The van der Waals surface area contributed by atoms with Gasteiger partial charge in [-0.05, 0) is 30.6 Å². The normalized spacial score (nSPS) is 13.0. The smallest absolute Gasteiger partial charge is 0.145 e. The van der Waals surface area contributed by atoms with E-state index >= 15 is 0 Å². The highest BCUT2D eigenvalue weighted by molar-refractivity contribution is 7.12. The molecule has 0 aliphatic heterocycles. The predicted octanol–water partition coefficient (Wildman–Crippen LogP) is 1.47. The van der Waals surface area contributed by atoms with Gasteiger partial charge in [0.15, 0.2) is 0 Å². The first-order valence-electron chi connectivity index (χ1n) is 4.86. The monoisotopic (exact) mass is 222 g/mol. The molecule has 2 aromatic rings. The van der Waals surface area contributed by atoms with Gasteiger partial charge in [-0.3, -0.25) is 0 Å². The average Bonchev–Trinajstić information content (AvgIpc) is 2.73. The Kier molecular flexibility index (Phi) is 2.83. The van der Waals surface area contributed by atoms with Gasteiger partial charge in [0.2, 0.25) is 0 Å². The minimum Gasteiger partial charge on any atom is -0.356 e. The van der Waals surface area contributed by atoms with Crippen LogP contribution in [0.1, 0.15) is 6.92 Å². The van der Waals surface area contributed by atoms with Crippen LogP contribution < -0.4 is 10.6 Å². The molecule has 2 heterocycles. The first kappa shape index (κ1) is 10.3. The van der Waals surface area contributed by atoms with E-state index < -0.39 is 0 Å². The Morgan fingerprint density at radius 2 is 2.33 bits per heavy atom. The molecule has 1 unspecified atom stereocenters. The first-order valence-corrected chi connectivity index (χ1v) is 5.64. The van der Waals surface area contributed by atoms with E-state index in [0.29, 0.717) is 12.6 Å². The van der Waals surface area contributed by atoms with Crippen molar-refractivity contribution in [1.29, 1.82) is 0 Å². The summed E-state index contributed by atoms with van der Waals surface area (Å²) in [6, 6.07) is 4.34. The van der Waals surface area contributed by atoms with E-state index in [1.807, 2.05) is 25.4 Å². The number of pyridine rings is 1. The molecule has 0 radical (unpaired) electrons. The molecule has 2 rings (SSSR count). The second-order valence-corrected chi connectivity index (χ2v) is 4.37. The molecule has 2 N–H and O–H groups in total. The van der Waals surface area contributed by atoms with Gasteiger partial charge in [-0.15, -0.1) is 0 Å². The van der Waals surface area contributed by atoms with Gasteiger partial charge in [0.25, 0.3) is 0 Å². The fraction of sp³-hybridized carbons (Fsp3) is 0.400. The molecule has 0 saturated carbocycles. The van der Waals surface area contributed by atoms with Crippen LogP contribution in [0.2, 0.25) is 0 Å². The summed E-state index contributed by atoms with van der Waals surface area (Å²) in [5.41, 5.74) is 5.62. The number of anilines is 1. The summed E-state index contributed by atoms with van der Waals surface area (Å²) >= 11 is 1.42. The predicted molar refractivity (Wildman–Crippen MR) is 64.3 cm³/mol. The zero-order valence-electron chi connectivity index (χ0n) is 8.84. The zero-order chi connectivity index (χ0) is 10.8. The molecular weight excluding hydrogens is 208 g/mol. The summed E-state index contributed by atoms with van der Waals surface area (Å²) in [7, 11) is 2.01. The van der Waals surface area contributed by atoms with E-state index in [0.717, 1.165) is 16.0 Å². The molecule has 4 nitrogen and oxygen atoms in total. The molecule has 0 bridgehead atoms. The maximum Gasteiger partial charge on any atom is 0.145 e. The van der Waals surface area contributed by atoms with Crippen molar-refractivity contribution < 1.29 is 0 Å². The number of rotatable bonds is 3. The summed E-state index contributed by atoms with van der Waals surface area (Å²) in [6.45, 7) is 2.71. The molecule has 0 fully saturated rings. The SMILES string of the molecule is CC(CN)N(C)c1ccc2cnsc2n1. The van der Waals surface area contributed by atoms with E-state index in [-0.39, 0.29) is 0 Å². The lowest BCUT2D eigenvalue weighted by atomic mass is 10.3. The van der Waals surface area contributed by atoms with Gasteiger partial charge in [0, 0.05) is 25.0 Å². The summed E-state index contributed by atoms with van der Waals surface area (Å²) < 4.78 is 4.10. The van der Waals surface area contributed by atoms with Crippen molar-refractivity contribution in [1.82, 2.24) is 9.36 Å². The summed E-state index contributed by atoms with van der Waals surface area (Å²) in [4.78, 5) is 7.59. The largest absolute Gasteiger partial charge is 0.356 e. The van der Waals surface area contributed by atoms with Crippen LogP contribution in [0.4, 0.5) is 5.82 Å². The Hall–Kier alpha value is -1.20. The fourth-order valence-electron chi connectivity index (χ4n) is 1.33. The van der Waals surface area contributed by atoms with Crippen LogP contribution in [-0.2, 0) is 0 Å². The Balaban J connectivity index is 2.35. The van der Waals surface area contributed by atoms with Gasteiger partial charge in [-0.25, -0.2) is 4.98 Å². The Bertz CT molecular complexity index is 453. The van der Waals surface area contributed by atoms with Crippen molar-refractivity contribution in [2.75, 3.05) is 18.5 Å². The van der Waals surface area contributed by atoms with Gasteiger partial charge < -0.3 is 10.6 Å². The quantitative estimate of drug-likeness (QED) is 0.854. The second kappa shape index (κ2) is 4.12. The summed E-state index contributed by atoms with van der Waals surface area (Å²) in [5, 5.41) is 1.09. The molecule has 0 amide bonds. The molecule has 5 heteroatoms. The zero-order valence-corrected chi connectivity index (χ0v) is 9.66. The van der Waals surface area contributed by atoms with E-state index in [2.05, 4.69) is 21.2 Å². The van der Waals surface area contributed by atoms with Gasteiger partial charge in [0.05, 0.1) is 6.20 Å². The van der Waals surface area contributed by atoms with Crippen molar-refractivity contribution in [2.45, 2.75) is 13.0 Å². The van der Waals surface area contributed by atoms with Gasteiger partial charge in [-0.1, -0.05) is 0 Å². The minimum absolute atomic E-state index is 0.294. The van der Waals surface area contributed by atoms with Crippen LogP contribution in [-0.4, -0.2) is 29.0 Å². The Morgan fingerprint density at radius 1 is 1.53 bits per heavy atom. The number of nitrogens with two attached hydrogens (primary N) is 1. The van der Waals surface area contributed by atoms with Crippen molar-refractivity contribution in [3.05, 3.63) is 18.3 Å². The molecule has 1 atom stereocenters. The highest BCUT2D eigenvalue weighted by atomic mass is 32.1. The first-order chi connectivity index (χ1) is 7.22. The van der Waals surface area contributed by atoms with Crippen LogP contribution in [0.25, 0.3) is 10.2 Å². The third-order valence-corrected chi connectivity index (χ3v) is 3.28. The molecule has 2 aromatic heterocycles.